The van der Waals surface area contributed by atoms with Gasteiger partial charge in [-0.2, -0.15) is 0 Å². The highest BCUT2D eigenvalue weighted by Crippen LogP contribution is 2.47. The van der Waals surface area contributed by atoms with Crippen LogP contribution in [0.4, 0.5) is 0 Å². The average molecular weight is 288 g/mol. The Morgan fingerprint density at radius 1 is 1.48 bits per heavy atom. The molecule has 0 bridgehead atoms. The molecule has 1 aromatic heterocycles. The Morgan fingerprint density at radius 2 is 2.33 bits per heavy atom. The summed E-state index contributed by atoms with van der Waals surface area (Å²) in [6, 6.07) is 0.251. The number of nitrogens with one attached hydrogen (secondary N) is 1. The molecule has 6 heteroatoms. The Kier molecular flexibility index (Phi) is 3.61. The van der Waals surface area contributed by atoms with E-state index in [9.17, 15) is 9.59 Å². The fraction of sp³-hybridized carbons (Fsp3) is 0.600. The maximum atomic E-state index is 12.1. The standard InChI is InChI=1S/C15H20N4O2/c1-19-12-3-2-5-15(12,6-4-13(19)20)10-18-14(21)11-9-16-7-8-17-11/h7-9,12H,2-6,10H2,1H3,(H,18,21). The summed E-state index contributed by atoms with van der Waals surface area (Å²) in [6.07, 6.45) is 9.18. The molecule has 1 saturated carbocycles. The first-order valence-corrected chi connectivity index (χ1v) is 7.42. The second kappa shape index (κ2) is 5.42. The van der Waals surface area contributed by atoms with Gasteiger partial charge in [0.2, 0.25) is 5.91 Å². The second-order valence-corrected chi connectivity index (χ2v) is 6.05. The van der Waals surface area contributed by atoms with Crippen molar-refractivity contribution in [3.8, 4) is 0 Å². The lowest BCUT2D eigenvalue weighted by molar-refractivity contribution is -0.139. The number of aromatic nitrogens is 2. The third-order valence-corrected chi connectivity index (χ3v) is 4.95. The predicted molar refractivity (Wildman–Crippen MR) is 76.4 cm³/mol. The van der Waals surface area contributed by atoms with Crippen molar-refractivity contribution in [3.05, 3.63) is 24.3 Å². The molecule has 2 unspecified atom stereocenters. The van der Waals surface area contributed by atoms with Crippen LogP contribution in [0, 0.1) is 5.41 Å². The van der Waals surface area contributed by atoms with E-state index in [4.69, 9.17) is 0 Å². The van der Waals surface area contributed by atoms with Crippen LogP contribution in [-0.2, 0) is 4.79 Å². The summed E-state index contributed by atoms with van der Waals surface area (Å²) in [7, 11) is 1.89. The van der Waals surface area contributed by atoms with Gasteiger partial charge in [-0.1, -0.05) is 6.42 Å². The summed E-state index contributed by atoms with van der Waals surface area (Å²) < 4.78 is 0. The molecule has 21 heavy (non-hydrogen) atoms. The van der Waals surface area contributed by atoms with E-state index in [2.05, 4.69) is 15.3 Å². The zero-order chi connectivity index (χ0) is 14.9. The molecule has 2 aliphatic rings. The van der Waals surface area contributed by atoms with Crippen LogP contribution in [0.3, 0.4) is 0 Å². The molecular weight excluding hydrogens is 268 g/mol. The van der Waals surface area contributed by atoms with E-state index in [1.807, 2.05) is 11.9 Å². The molecule has 0 spiro atoms. The Hall–Kier alpha value is -1.98. The van der Waals surface area contributed by atoms with Gasteiger partial charge in [0.1, 0.15) is 5.69 Å². The minimum absolute atomic E-state index is 0.0283. The molecule has 2 heterocycles. The number of hydrogen-bond acceptors (Lipinski definition) is 4. The van der Waals surface area contributed by atoms with Gasteiger partial charge in [-0.3, -0.25) is 14.6 Å². The van der Waals surface area contributed by atoms with Crippen molar-refractivity contribution >= 4 is 11.8 Å². The van der Waals surface area contributed by atoms with Gasteiger partial charge in [0.15, 0.2) is 0 Å². The van der Waals surface area contributed by atoms with Crippen LogP contribution in [0.1, 0.15) is 42.6 Å². The van der Waals surface area contributed by atoms with Crippen molar-refractivity contribution in [1.82, 2.24) is 20.2 Å². The van der Waals surface area contributed by atoms with E-state index in [-0.39, 0.29) is 23.3 Å². The summed E-state index contributed by atoms with van der Waals surface area (Å²) in [5.74, 6) is 0.0282. The Morgan fingerprint density at radius 3 is 3.10 bits per heavy atom. The summed E-state index contributed by atoms with van der Waals surface area (Å²) >= 11 is 0. The lowest BCUT2D eigenvalue weighted by atomic mass is 9.74. The van der Waals surface area contributed by atoms with Crippen molar-refractivity contribution in [2.75, 3.05) is 13.6 Å². The first kappa shape index (κ1) is 14.0. The number of amides is 2. The van der Waals surface area contributed by atoms with Gasteiger partial charge < -0.3 is 10.2 Å². The number of hydrogen-bond donors (Lipinski definition) is 1. The summed E-state index contributed by atoms with van der Waals surface area (Å²) in [4.78, 5) is 33.8. The summed E-state index contributed by atoms with van der Waals surface area (Å²) in [5, 5.41) is 2.99. The monoisotopic (exact) mass is 288 g/mol. The van der Waals surface area contributed by atoms with Crippen molar-refractivity contribution in [2.45, 2.75) is 38.1 Å². The maximum absolute atomic E-state index is 12.1. The molecule has 1 aromatic rings. The van der Waals surface area contributed by atoms with Crippen LogP contribution in [0.5, 0.6) is 0 Å². The first-order chi connectivity index (χ1) is 10.1. The zero-order valence-electron chi connectivity index (χ0n) is 12.2. The van der Waals surface area contributed by atoms with Gasteiger partial charge >= 0.3 is 0 Å². The predicted octanol–water partition coefficient (Wildman–Crippen LogP) is 0.997. The lowest BCUT2D eigenvalue weighted by Crippen LogP contribution is -2.54. The molecule has 2 atom stereocenters. The molecule has 1 aliphatic carbocycles. The average Bonchev–Trinajstić information content (AvgIpc) is 2.95. The number of carbonyl (C=O) groups excluding carboxylic acids is 2. The Bertz CT molecular complexity index is 548. The second-order valence-electron chi connectivity index (χ2n) is 6.05. The van der Waals surface area contributed by atoms with E-state index >= 15 is 0 Å². The Balaban J connectivity index is 1.69. The zero-order valence-corrected chi connectivity index (χ0v) is 12.2. The SMILES string of the molecule is CN1C(=O)CCC2(CNC(=O)c3cnccn3)CCCC12. The fourth-order valence-electron chi connectivity index (χ4n) is 3.78. The van der Waals surface area contributed by atoms with E-state index in [0.29, 0.717) is 18.7 Å². The van der Waals surface area contributed by atoms with Gasteiger partial charge in [-0.15, -0.1) is 0 Å². The van der Waals surface area contributed by atoms with Gasteiger partial charge in [-0.05, 0) is 19.3 Å². The van der Waals surface area contributed by atoms with Gasteiger partial charge in [0.25, 0.3) is 5.91 Å². The van der Waals surface area contributed by atoms with Crippen molar-refractivity contribution < 1.29 is 9.59 Å². The molecule has 112 valence electrons. The highest BCUT2D eigenvalue weighted by Gasteiger charge is 2.49. The van der Waals surface area contributed by atoms with Gasteiger partial charge in [0.05, 0.1) is 6.20 Å². The van der Waals surface area contributed by atoms with Gasteiger partial charge in [0, 0.05) is 43.9 Å². The first-order valence-electron chi connectivity index (χ1n) is 7.42. The fourth-order valence-corrected chi connectivity index (χ4v) is 3.78. The Labute approximate surface area is 124 Å². The van der Waals surface area contributed by atoms with E-state index in [1.165, 1.54) is 12.4 Å². The molecule has 3 rings (SSSR count). The van der Waals surface area contributed by atoms with Crippen LogP contribution in [-0.4, -0.2) is 46.3 Å². The number of piperidine rings is 1. The largest absolute Gasteiger partial charge is 0.350 e. The van der Waals surface area contributed by atoms with Crippen molar-refractivity contribution in [2.24, 2.45) is 5.41 Å². The number of nitrogens with zero attached hydrogens (tertiary/aromatic N) is 3. The van der Waals surface area contributed by atoms with Crippen LogP contribution in [0.15, 0.2) is 18.6 Å². The third-order valence-electron chi connectivity index (χ3n) is 4.95. The molecule has 1 saturated heterocycles. The quantitative estimate of drug-likeness (QED) is 0.900. The molecule has 0 radical (unpaired) electrons. The van der Waals surface area contributed by atoms with E-state index < -0.39 is 0 Å². The highest BCUT2D eigenvalue weighted by molar-refractivity contribution is 5.91. The van der Waals surface area contributed by atoms with Gasteiger partial charge in [-0.25, -0.2) is 4.98 Å². The van der Waals surface area contributed by atoms with E-state index in [1.54, 1.807) is 6.20 Å². The summed E-state index contributed by atoms with van der Waals surface area (Å²) in [5.41, 5.74) is 0.365. The molecule has 1 N–H and O–H groups in total. The molecule has 2 amide bonds. The number of fused-ring (bicyclic) bond motifs is 1. The summed E-state index contributed by atoms with van der Waals surface area (Å²) in [6.45, 7) is 0.602. The topological polar surface area (TPSA) is 75.2 Å². The molecule has 6 nitrogen and oxygen atoms in total. The lowest BCUT2D eigenvalue weighted by Gasteiger charge is -2.44. The molecular formula is C15H20N4O2. The number of carbonyl (C=O) groups is 2. The van der Waals surface area contributed by atoms with Crippen molar-refractivity contribution in [1.29, 1.82) is 0 Å². The molecule has 0 aromatic carbocycles. The number of likely N-dealkylation sites (tertiary alicyclic amines) is 1. The third kappa shape index (κ3) is 2.50. The van der Waals surface area contributed by atoms with E-state index in [0.717, 1.165) is 25.7 Å². The minimum Gasteiger partial charge on any atom is -0.350 e. The van der Waals surface area contributed by atoms with Crippen LogP contribution in [0.25, 0.3) is 0 Å². The maximum Gasteiger partial charge on any atom is 0.271 e. The molecule has 1 aliphatic heterocycles. The smallest absolute Gasteiger partial charge is 0.271 e. The number of rotatable bonds is 3. The van der Waals surface area contributed by atoms with Crippen molar-refractivity contribution in [3.63, 3.8) is 0 Å². The highest BCUT2D eigenvalue weighted by atomic mass is 16.2. The normalized spacial score (nSPS) is 28.3. The molecule has 2 fully saturated rings. The van der Waals surface area contributed by atoms with Crippen LogP contribution < -0.4 is 5.32 Å². The van der Waals surface area contributed by atoms with Crippen LogP contribution >= 0.6 is 0 Å². The van der Waals surface area contributed by atoms with Crippen LogP contribution in [0.2, 0.25) is 0 Å². The minimum atomic E-state index is -0.192.